The van der Waals surface area contributed by atoms with E-state index in [1.807, 2.05) is 13.8 Å². The van der Waals surface area contributed by atoms with Crippen LogP contribution < -0.4 is 0 Å². The molecule has 0 aliphatic carbocycles. The molecule has 0 heterocycles. The van der Waals surface area contributed by atoms with E-state index in [1.54, 1.807) is 0 Å². The highest BCUT2D eigenvalue weighted by Gasteiger charge is 2.34. The first-order chi connectivity index (χ1) is 6.68. The van der Waals surface area contributed by atoms with E-state index in [-0.39, 0.29) is 0 Å². The molecule has 0 spiro atoms. The highest BCUT2D eigenvalue weighted by molar-refractivity contribution is 7.80. The molecule has 0 N–H and O–H groups in total. The van der Waals surface area contributed by atoms with Crippen LogP contribution in [0.3, 0.4) is 0 Å². The van der Waals surface area contributed by atoms with E-state index in [4.69, 9.17) is 19.9 Å². The van der Waals surface area contributed by atoms with Gasteiger partial charge in [-0.05, 0) is 26.0 Å². The molecule has 2 nitrogen and oxygen atoms in total. The number of thiol groups is 1. The quantitative estimate of drug-likeness (QED) is 0.295. The molecule has 0 rings (SSSR count). The zero-order valence-corrected chi connectivity index (χ0v) is 11.7. The summed E-state index contributed by atoms with van der Waals surface area (Å²) in [7, 11) is -2.35. The Kier molecular flexibility index (Phi) is 9.54. The highest BCUT2D eigenvalue weighted by atomic mass is 35.6. The Morgan fingerprint density at radius 1 is 1.07 bits per heavy atom. The summed E-state index contributed by atoms with van der Waals surface area (Å²) in [6.45, 7) is 5.19. The molecule has 86 valence electrons. The Morgan fingerprint density at radius 2 is 1.64 bits per heavy atom. The Balaban J connectivity index is 3.71. The molecular formula is C9H21ClO2SSi. The Bertz CT molecular complexity index is 132. The van der Waals surface area contributed by atoms with Crippen molar-refractivity contribution >= 4 is 31.6 Å². The molecule has 0 aromatic rings. The average Bonchev–Trinajstić information content (AvgIpc) is 2.13. The van der Waals surface area contributed by atoms with Crippen LogP contribution in [0, 0.1) is 0 Å². The van der Waals surface area contributed by atoms with Crippen LogP contribution in [-0.4, -0.2) is 26.8 Å². The molecule has 0 saturated carbocycles. The van der Waals surface area contributed by atoms with Crippen LogP contribution >= 0.6 is 23.7 Å². The molecule has 0 bridgehead atoms. The fourth-order valence-corrected chi connectivity index (χ4v) is 4.43. The summed E-state index contributed by atoms with van der Waals surface area (Å²) in [4.78, 5) is 0. The van der Waals surface area contributed by atoms with Crippen LogP contribution in [0.2, 0.25) is 6.04 Å². The van der Waals surface area contributed by atoms with Crippen molar-refractivity contribution in [2.24, 2.45) is 0 Å². The monoisotopic (exact) mass is 256 g/mol. The van der Waals surface area contributed by atoms with E-state index in [0.29, 0.717) is 13.2 Å². The molecule has 14 heavy (non-hydrogen) atoms. The van der Waals surface area contributed by atoms with Gasteiger partial charge in [-0.25, -0.2) is 0 Å². The summed E-state index contributed by atoms with van der Waals surface area (Å²) in [5.74, 6) is 0.945. The molecule has 5 heteroatoms. The van der Waals surface area contributed by atoms with Crippen LogP contribution in [0.5, 0.6) is 0 Å². The topological polar surface area (TPSA) is 18.5 Å². The third-order valence-corrected chi connectivity index (χ3v) is 5.78. The second-order valence-corrected chi connectivity index (χ2v) is 7.63. The van der Waals surface area contributed by atoms with E-state index >= 15 is 0 Å². The van der Waals surface area contributed by atoms with Crippen molar-refractivity contribution in [3.8, 4) is 0 Å². The van der Waals surface area contributed by atoms with Crippen LogP contribution in [0.1, 0.15) is 33.1 Å². The Morgan fingerprint density at radius 3 is 2.07 bits per heavy atom. The third-order valence-electron chi connectivity index (χ3n) is 1.85. The number of hydrogen-bond acceptors (Lipinski definition) is 3. The lowest BCUT2D eigenvalue weighted by Gasteiger charge is -2.22. The first-order valence-electron chi connectivity index (χ1n) is 5.26. The summed E-state index contributed by atoms with van der Waals surface area (Å²) in [6, 6.07) is 0.879. The molecule has 0 aliphatic heterocycles. The lowest BCUT2D eigenvalue weighted by atomic mass is 10.3. The maximum atomic E-state index is 6.29. The van der Waals surface area contributed by atoms with Crippen molar-refractivity contribution in [2.75, 3.05) is 19.0 Å². The van der Waals surface area contributed by atoms with Gasteiger partial charge in [0.15, 0.2) is 0 Å². The van der Waals surface area contributed by atoms with Gasteiger partial charge < -0.3 is 8.85 Å². The second-order valence-electron chi connectivity index (χ2n) is 3.06. The fraction of sp³-hybridized carbons (Fsp3) is 1.00. The van der Waals surface area contributed by atoms with Crippen molar-refractivity contribution in [3.63, 3.8) is 0 Å². The Hall–Kier alpha value is 0.777. The summed E-state index contributed by atoms with van der Waals surface area (Å²) in [5.41, 5.74) is 0. The van der Waals surface area contributed by atoms with Crippen LogP contribution in [0.15, 0.2) is 0 Å². The highest BCUT2D eigenvalue weighted by Crippen LogP contribution is 2.22. The largest absolute Gasteiger partial charge is 0.443 e. The molecular weight excluding hydrogens is 236 g/mol. The van der Waals surface area contributed by atoms with Gasteiger partial charge in [-0.2, -0.15) is 12.6 Å². The van der Waals surface area contributed by atoms with E-state index in [9.17, 15) is 0 Å². The van der Waals surface area contributed by atoms with Gasteiger partial charge in [-0.1, -0.05) is 23.9 Å². The third kappa shape index (κ3) is 7.12. The molecule has 0 fully saturated rings. The van der Waals surface area contributed by atoms with Gasteiger partial charge in [-0.15, -0.1) is 0 Å². The molecule has 0 amide bonds. The first kappa shape index (κ1) is 14.8. The standard InChI is InChI=1S/C9H21ClO2SSi/c1-3-11-14(10,12-4-2)9-7-5-6-8-13/h13H,3-9H2,1-2H3. The number of halogens is 1. The maximum absolute atomic E-state index is 6.29. The fourth-order valence-electron chi connectivity index (χ4n) is 1.24. The van der Waals surface area contributed by atoms with Gasteiger partial charge in [0.1, 0.15) is 0 Å². The van der Waals surface area contributed by atoms with Crippen molar-refractivity contribution in [1.82, 2.24) is 0 Å². The van der Waals surface area contributed by atoms with E-state index in [0.717, 1.165) is 31.1 Å². The molecule has 0 unspecified atom stereocenters. The van der Waals surface area contributed by atoms with Crippen molar-refractivity contribution in [3.05, 3.63) is 0 Å². The van der Waals surface area contributed by atoms with Crippen molar-refractivity contribution < 1.29 is 8.85 Å². The van der Waals surface area contributed by atoms with Crippen LogP contribution in [-0.2, 0) is 8.85 Å². The summed E-state index contributed by atoms with van der Waals surface area (Å²) in [6.07, 6.45) is 3.38. The molecule has 0 atom stereocenters. The maximum Gasteiger partial charge on any atom is 0.443 e. The molecule has 0 aromatic carbocycles. The number of unbranched alkanes of at least 4 members (excludes halogenated alkanes) is 2. The van der Waals surface area contributed by atoms with Gasteiger partial charge in [0.25, 0.3) is 0 Å². The average molecular weight is 257 g/mol. The summed E-state index contributed by atoms with van der Waals surface area (Å²) >= 11 is 10.5. The predicted molar refractivity (Wildman–Crippen MR) is 67.4 cm³/mol. The van der Waals surface area contributed by atoms with E-state index < -0.39 is 7.87 Å². The summed E-state index contributed by atoms with van der Waals surface area (Å²) < 4.78 is 11.0. The lowest BCUT2D eigenvalue weighted by molar-refractivity contribution is 0.202. The lowest BCUT2D eigenvalue weighted by Crippen LogP contribution is -2.36. The minimum atomic E-state index is -2.35. The molecule has 0 saturated heterocycles. The van der Waals surface area contributed by atoms with Crippen molar-refractivity contribution in [2.45, 2.75) is 39.2 Å². The smallest absolute Gasteiger partial charge is 0.383 e. The molecule has 0 aromatic heterocycles. The second kappa shape index (κ2) is 9.04. The zero-order chi connectivity index (χ0) is 10.9. The van der Waals surface area contributed by atoms with Gasteiger partial charge in [0.2, 0.25) is 0 Å². The number of rotatable bonds is 9. The van der Waals surface area contributed by atoms with Crippen LogP contribution in [0.25, 0.3) is 0 Å². The van der Waals surface area contributed by atoms with E-state index in [2.05, 4.69) is 12.6 Å². The van der Waals surface area contributed by atoms with E-state index in [1.165, 1.54) is 0 Å². The van der Waals surface area contributed by atoms with Crippen LogP contribution in [0.4, 0.5) is 0 Å². The van der Waals surface area contributed by atoms with Crippen molar-refractivity contribution in [1.29, 1.82) is 0 Å². The van der Waals surface area contributed by atoms with Gasteiger partial charge in [0, 0.05) is 19.3 Å². The minimum Gasteiger partial charge on any atom is -0.383 e. The first-order valence-corrected chi connectivity index (χ1v) is 8.93. The normalized spacial score (nSPS) is 12.0. The minimum absolute atomic E-state index is 0.641. The summed E-state index contributed by atoms with van der Waals surface area (Å²) in [5, 5.41) is 0. The molecule has 0 radical (unpaired) electrons. The Labute approximate surface area is 98.7 Å². The van der Waals surface area contributed by atoms with Gasteiger partial charge in [0.05, 0.1) is 0 Å². The zero-order valence-electron chi connectivity index (χ0n) is 9.09. The predicted octanol–water partition coefficient (Wildman–Crippen LogP) is 3.34. The van der Waals surface area contributed by atoms with Gasteiger partial charge >= 0.3 is 7.87 Å². The number of hydrogen-bond donors (Lipinski definition) is 1. The van der Waals surface area contributed by atoms with Gasteiger partial charge in [-0.3, -0.25) is 0 Å². The SMILES string of the molecule is CCO[Si](Cl)(CCCCCS)OCC. The molecule has 0 aliphatic rings.